The largest absolute Gasteiger partial charge is 0.489 e. The number of carbonyl (C=O) groups is 1. The van der Waals surface area contributed by atoms with Gasteiger partial charge in [-0.3, -0.25) is 0 Å². The highest BCUT2D eigenvalue weighted by atomic mass is 35.5. The molecule has 1 saturated carbocycles. The van der Waals surface area contributed by atoms with E-state index in [2.05, 4.69) is 11.3 Å². The number of esters is 1. The third-order valence-corrected chi connectivity index (χ3v) is 10.7. The van der Waals surface area contributed by atoms with E-state index in [-0.39, 0.29) is 53.3 Å². The van der Waals surface area contributed by atoms with Crippen LogP contribution >= 0.6 is 35.0 Å². The van der Waals surface area contributed by atoms with Crippen LogP contribution in [-0.2, 0) is 25.7 Å². The first-order valence-corrected chi connectivity index (χ1v) is 16.8. The second kappa shape index (κ2) is 14.5. The Labute approximate surface area is 271 Å². The average molecular weight is 717 g/mol. The van der Waals surface area contributed by atoms with Gasteiger partial charge in [0.2, 0.25) is 10.0 Å². The van der Waals surface area contributed by atoms with Gasteiger partial charge in [0.15, 0.2) is 16.9 Å². The molecule has 2 fully saturated rings. The van der Waals surface area contributed by atoms with Gasteiger partial charge in [-0.05, 0) is 67.2 Å². The summed E-state index contributed by atoms with van der Waals surface area (Å²) in [6.07, 6.45) is -2.98. The van der Waals surface area contributed by atoms with E-state index in [4.69, 9.17) is 32.7 Å². The Morgan fingerprint density at radius 3 is 2.49 bits per heavy atom. The van der Waals surface area contributed by atoms with Crippen LogP contribution < -0.4 is 9.47 Å². The number of alkyl halides is 5. The number of allylic oxidation sites excluding steroid dienone is 2. The van der Waals surface area contributed by atoms with Crippen LogP contribution in [0, 0.1) is 5.92 Å². The zero-order chi connectivity index (χ0) is 33.1. The minimum Gasteiger partial charge on any atom is -0.489 e. The molecular weight excluding hydrogens is 688 g/mol. The number of halogens is 7. The molecule has 2 aromatic rings. The van der Waals surface area contributed by atoms with Gasteiger partial charge in [0.25, 0.3) is 0 Å². The summed E-state index contributed by atoms with van der Waals surface area (Å²) >= 11 is 12.8. The van der Waals surface area contributed by atoms with Crippen molar-refractivity contribution in [3.05, 3.63) is 75.8 Å². The number of carbonyl (C=O) groups excluding carboxylic acids is 1. The fourth-order valence-corrected chi connectivity index (χ4v) is 8.04. The van der Waals surface area contributed by atoms with Gasteiger partial charge < -0.3 is 14.2 Å². The lowest BCUT2D eigenvalue weighted by atomic mass is 10.0. The van der Waals surface area contributed by atoms with Crippen molar-refractivity contribution in [3.63, 3.8) is 0 Å². The Hall–Kier alpha value is -2.52. The van der Waals surface area contributed by atoms with Gasteiger partial charge in [0, 0.05) is 28.8 Å². The summed E-state index contributed by atoms with van der Waals surface area (Å²) < 4.78 is 111. The number of benzene rings is 2. The minimum absolute atomic E-state index is 0.0191. The van der Waals surface area contributed by atoms with Gasteiger partial charge in [-0.15, -0.1) is 11.8 Å². The second-order valence-corrected chi connectivity index (χ2v) is 14.3. The van der Waals surface area contributed by atoms with Crippen LogP contribution in [0.2, 0.25) is 5.02 Å². The van der Waals surface area contributed by atoms with Crippen LogP contribution in [0.4, 0.5) is 22.0 Å². The number of rotatable bonds is 13. The van der Waals surface area contributed by atoms with Gasteiger partial charge in [-0.1, -0.05) is 41.9 Å². The third-order valence-electron chi connectivity index (χ3n) is 6.96. The number of ether oxygens (including phenoxy) is 3. The van der Waals surface area contributed by atoms with Crippen molar-refractivity contribution in [2.75, 3.05) is 18.9 Å². The molecule has 0 radical (unpaired) electrons. The van der Waals surface area contributed by atoms with Gasteiger partial charge in [0.05, 0.1) is 17.1 Å². The van der Waals surface area contributed by atoms with Gasteiger partial charge in [0.1, 0.15) is 6.10 Å². The molecule has 0 amide bonds. The Balaban J connectivity index is 1.67. The molecule has 2 atom stereocenters. The predicted octanol–water partition coefficient (Wildman–Crippen LogP) is 8.19. The van der Waals surface area contributed by atoms with Crippen LogP contribution in [0.15, 0.2) is 64.6 Å². The molecule has 7 nitrogen and oxygen atoms in total. The van der Waals surface area contributed by atoms with Crippen molar-refractivity contribution in [2.45, 2.75) is 55.3 Å². The molecule has 0 unspecified atom stereocenters. The molecule has 16 heteroatoms. The third kappa shape index (κ3) is 8.85. The van der Waals surface area contributed by atoms with Crippen LogP contribution in [0.5, 0.6) is 11.5 Å². The number of nitrogens with zero attached hydrogens (tertiary/aromatic N) is 1. The van der Waals surface area contributed by atoms with Crippen LogP contribution in [0.1, 0.15) is 43.4 Å². The highest BCUT2D eigenvalue weighted by Crippen LogP contribution is 2.41. The summed E-state index contributed by atoms with van der Waals surface area (Å²) in [7, 11) is -4.86. The molecule has 0 N–H and O–H groups in total. The number of hydrogen-bond donors (Lipinski definition) is 0. The van der Waals surface area contributed by atoms with E-state index < -0.39 is 50.7 Å². The van der Waals surface area contributed by atoms with Crippen molar-refractivity contribution in [3.8, 4) is 11.5 Å². The SMILES string of the molecule is C=C/C(C[C@H](OC(=O)[C@@H]1SCCN1S(=O)(=O)c1ccc(Cl)cc1C(F)(F)F)c1ccc(OC(F)F)c(OCC2CC2)c1)=C(\C)Cl. The lowest BCUT2D eigenvalue weighted by molar-refractivity contribution is -0.150. The first kappa shape index (κ1) is 35.3. The predicted molar refractivity (Wildman–Crippen MR) is 160 cm³/mol. The molecule has 0 aromatic heterocycles. The minimum atomic E-state index is -5.05. The molecule has 246 valence electrons. The second-order valence-electron chi connectivity index (χ2n) is 10.2. The monoisotopic (exact) mass is 715 g/mol. The molecule has 0 spiro atoms. The summed E-state index contributed by atoms with van der Waals surface area (Å²) in [5.41, 5.74) is -0.732. The number of thioether (sulfide) groups is 1. The van der Waals surface area contributed by atoms with E-state index in [0.717, 1.165) is 36.7 Å². The first-order chi connectivity index (χ1) is 21.1. The molecule has 1 heterocycles. The smallest absolute Gasteiger partial charge is 0.417 e. The molecule has 1 aliphatic heterocycles. The van der Waals surface area contributed by atoms with Crippen molar-refractivity contribution in [2.24, 2.45) is 5.92 Å². The summed E-state index contributed by atoms with van der Waals surface area (Å²) in [4.78, 5) is 12.5. The topological polar surface area (TPSA) is 82.1 Å². The molecule has 2 aromatic carbocycles. The Kier molecular flexibility index (Phi) is 11.4. The van der Waals surface area contributed by atoms with Crippen LogP contribution in [0.25, 0.3) is 0 Å². The molecular formula is C29H28Cl2F5NO6S2. The molecule has 4 rings (SSSR count). The number of sulfonamides is 1. The summed E-state index contributed by atoms with van der Waals surface area (Å²) in [6.45, 7) is 2.14. The van der Waals surface area contributed by atoms with E-state index in [1.165, 1.54) is 24.3 Å². The molecule has 2 aliphatic rings. The average Bonchev–Trinajstić information content (AvgIpc) is 3.65. The summed E-state index contributed by atoms with van der Waals surface area (Å²) in [5, 5.41) is -1.53. The van der Waals surface area contributed by atoms with Crippen molar-refractivity contribution >= 4 is 51.0 Å². The molecule has 45 heavy (non-hydrogen) atoms. The van der Waals surface area contributed by atoms with Gasteiger partial charge >= 0.3 is 18.8 Å². The summed E-state index contributed by atoms with van der Waals surface area (Å²) in [5.74, 6) is -0.955. The maximum atomic E-state index is 13.8. The van der Waals surface area contributed by atoms with E-state index in [1.807, 2.05) is 0 Å². The molecule has 0 bridgehead atoms. The standard InChI is InChI=1S/C29H28Cl2F5NO6S2/c1-3-18(16(2)30)12-23(19-6-8-22(43-28(32)33)24(13-19)41-15-17-4-5-17)42-27(38)26-37(10-11-44-26)45(39,40)25-9-7-20(31)14-21(25)29(34,35)36/h3,6-9,13-14,17,23,26,28H,1,4-5,10-12,15H2,2H3/b18-16-/t23-,26-/m0/s1. The van der Waals surface area contributed by atoms with Crippen molar-refractivity contribution in [1.29, 1.82) is 0 Å². The molecule has 1 saturated heterocycles. The highest BCUT2D eigenvalue weighted by molar-refractivity contribution is 8.02. The molecule has 1 aliphatic carbocycles. The zero-order valence-corrected chi connectivity index (χ0v) is 26.8. The van der Waals surface area contributed by atoms with Gasteiger partial charge in [-0.25, -0.2) is 13.2 Å². The zero-order valence-electron chi connectivity index (χ0n) is 23.7. The Morgan fingerprint density at radius 1 is 1.18 bits per heavy atom. The van der Waals surface area contributed by atoms with E-state index in [0.29, 0.717) is 21.0 Å². The van der Waals surface area contributed by atoms with Crippen molar-refractivity contribution in [1.82, 2.24) is 4.31 Å². The fourth-order valence-electron chi connectivity index (χ4n) is 4.48. The maximum absolute atomic E-state index is 13.8. The van der Waals surface area contributed by atoms with Crippen LogP contribution in [-0.4, -0.2) is 49.6 Å². The first-order valence-electron chi connectivity index (χ1n) is 13.5. The van der Waals surface area contributed by atoms with Crippen molar-refractivity contribution < 1.29 is 49.4 Å². The van der Waals surface area contributed by atoms with E-state index in [9.17, 15) is 35.2 Å². The Morgan fingerprint density at radius 2 is 1.89 bits per heavy atom. The summed E-state index contributed by atoms with van der Waals surface area (Å²) in [6, 6.07) is 6.24. The van der Waals surface area contributed by atoms with E-state index in [1.54, 1.807) is 6.92 Å². The lowest BCUT2D eigenvalue weighted by Crippen LogP contribution is -2.41. The normalized spacial score (nSPS) is 18.8. The number of hydrogen-bond acceptors (Lipinski definition) is 7. The quantitative estimate of drug-likeness (QED) is 0.118. The van der Waals surface area contributed by atoms with E-state index >= 15 is 0 Å². The van der Waals surface area contributed by atoms with Gasteiger partial charge in [-0.2, -0.15) is 26.3 Å². The Bertz CT molecular complexity index is 1560. The maximum Gasteiger partial charge on any atom is 0.417 e. The van der Waals surface area contributed by atoms with Crippen LogP contribution in [0.3, 0.4) is 0 Å². The lowest BCUT2D eigenvalue weighted by Gasteiger charge is -2.26. The highest BCUT2D eigenvalue weighted by Gasteiger charge is 2.46. The fraction of sp³-hybridized carbons (Fsp3) is 0.414.